The van der Waals surface area contributed by atoms with E-state index in [1.54, 1.807) is 18.9 Å². The molecule has 0 radical (unpaired) electrons. The molecule has 1 heterocycles. The Morgan fingerprint density at radius 3 is 2.43 bits per heavy atom. The van der Waals surface area contributed by atoms with E-state index < -0.39 is 6.10 Å². The van der Waals surface area contributed by atoms with Crippen molar-refractivity contribution in [3.63, 3.8) is 0 Å². The molecule has 0 fully saturated rings. The molecule has 21 heavy (non-hydrogen) atoms. The number of nitrogens with zero attached hydrogens (tertiary/aromatic N) is 3. The second-order valence-corrected chi connectivity index (χ2v) is 5.03. The highest BCUT2D eigenvalue weighted by Gasteiger charge is 2.13. The van der Waals surface area contributed by atoms with Crippen LogP contribution in [-0.4, -0.2) is 45.6 Å². The van der Waals surface area contributed by atoms with Crippen LogP contribution in [0.3, 0.4) is 0 Å². The quantitative estimate of drug-likeness (QED) is 0.912. The maximum atomic E-state index is 12.2. The van der Waals surface area contributed by atoms with Gasteiger partial charge in [-0.2, -0.15) is 0 Å². The van der Waals surface area contributed by atoms with Crippen LogP contribution in [0.4, 0.5) is 0 Å². The number of aromatic nitrogens is 2. The molecule has 0 aliphatic rings. The standard InChI is InChI=1S/C16H19N3O2/c1-12(20)8-9-19(2)16(21)14-10-17-15(18-11-14)13-6-4-3-5-7-13/h3-7,10-12,20H,8-9H2,1-2H3. The minimum Gasteiger partial charge on any atom is -0.393 e. The van der Waals surface area contributed by atoms with Gasteiger partial charge in [0.15, 0.2) is 5.82 Å². The van der Waals surface area contributed by atoms with Gasteiger partial charge >= 0.3 is 0 Å². The van der Waals surface area contributed by atoms with Crippen molar-refractivity contribution in [3.05, 3.63) is 48.3 Å². The Labute approximate surface area is 124 Å². The number of rotatable bonds is 5. The number of aliphatic hydroxyl groups excluding tert-OH is 1. The summed E-state index contributed by atoms with van der Waals surface area (Å²) in [7, 11) is 1.70. The number of hydrogen-bond acceptors (Lipinski definition) is 4. The molecule has 0 bridgehead atoms. The van der Waals surface area contributed by atoms with Gasteiger partial charge in [0.1, 0.15) is 0 Å². The second-order valence-electron chi connectivity index (χ2n) is 5.03. The number of carbonyl (C=O) groups excluding carboxylic acids is 1. The first-order valence-corrected chi connectivity index (χ1v) is 6.89. The zero-order chi connectivity index (χ0) is 15.2. The number of carbonyl (C=O) groups is 1. The molecule has 0 saturated carbocycles. The van der Waals surface area contributed by atoms with Gasteiger partial charge in [-0.3, -0.25) is 4.79 Å². The summed E-state index contributed by atoms with van der Waals surface area (Å²) in [6.07, 6.45) is 3.20. The molecule has 1 aromatic heterocycles. The molecular formula is C16H19N3O2. The van der Waals surface area contributed by atoms with Crippen LogP contribution in [0.1, 0.15) is 23.7 Å². The predicted octanol–water partition coefficient (Wildman–Crippen LogP) is 1.99. The lowest BCUT2D eigenvalue weighted by atomic mass is 10.2. The normalized spacial score (nSPS) is 12.0. The molecule has 0 aliphatic carbocycles. The fourth-order valence-corrected chi connectivity index (χ4v) is 1.88. The zero-order valence-corrected chi connectivity index (χ0v) is 12.2. The van der Waals surface area contributed by atoms with Crippen LogP contribution in [-0.2, 0) is 0 Å². The summed E-state index contributed by atoms with van der Waals surface area (Å²) in [5, 5.41) is 9.25. The molecule has 0 saturated heterocycles. The van der Waals surface area contributed by atoms with E-state index in [-0.39, 0.29) is 5.91 Å². The van der Waals surface area contributed by atoms with Crippen LogP contribution in [0.5, 0.6) is 0 Å². The first-order chi connectivity index (χ1) is 10.1. The molecular weight excluding hydrogens is 266 g/mol. The molecule has 5 nitrogen and oxygen atoms in total. The lowest BCUT2D eigenvalue weighted by Crippen LogP contribution is -2.29. The predicted molar refractivity (Wildman–Crippen MR) is 80.7 cm³/mol. The number of benzene rings is 1. The number of hydrogen-bond donors (Lipinski definition) is 1. The van der Waals surface area contributed by atoms with E-state index in [1.807, 2.05) is 30.3 Å². The van der Waals surface area contributed by atoms with Crippen LogP contribution in [0.2, 0.25) is 0 Å². The van der Waals surface area contributed by atoms with E-state index in [2.05, 4.69) is 9.97 Å². The summed E-state index contributed by atoms with van der Waals surface area (Å²) in [5.74, 6) is 0.453. The average molecular weight is 285 g/mol. The molecule has 1 unspecified atom stereocenters. The summed E-state index contributed by atoms with van der Waals surface area (Å²) in [6, 6.07) is 9.61. The summed E-state index contributed by atoms with van der Waals surface area (Å²) in [5.41, 5.74) is 1.36. The van der Waals surface area contributed by atoms with Crippen LogP contribution < -0.4 is 0 Å². The smallest absolute Gasteiger partial charge is 0.256 e. The summed E-state index contributed by atoms with van der Waals surface area (Å²) in [4.78, 5) is 22.2. The number of aliphatic hydroxyl groups is 1. The Hall–Kier alpha value is -2.27. The Morgan fingerprint density at radius 1 is 1.24 bits per heavy atom. The zero-order valence-electron chi connectivity index (χ0n) is 12.2. The first-order valence-electron chi connectivity index (χ1n) is 6.89. The van der Waals surface area contributed by atoms with Crippen LogP contribution in [0, 0.1) is 0 Å². The highest BCUT2D eigenvalue weighted by atomic mass is 16.3. The van der Waals surface area contributed by atoms with E-state index in [0.717, 1.165) is 5.56 Å². The fourth-order valence-electron chi connectivity index (χ4n) is 1.88. The molecule has 2 aromatic rings. The largest absolute Gasteiger partial charge is 0.393 e. The molecule has 1 aromatic carbocycles. The maximum absolute atomic E-state index is 12.2. The third kappa shape index (κ3) is 4.10. The van der Waals surface area contributed by atoms with Gasteiger partial charge in [-0.15, -0.1) is 0 Å². The monoisotopic (exact) mass is 285 g/mol. The van der Waals surface area contributed by atoms with Gasteiger partial charge in [-0.05, 0) is 13.3 Å². The second kappa shape index (κ2) is 6.95. The maximum Gasteiger partial charge on any atom is 0.256 e. The third-order valence-electron chi connectivity index (χ3n) is 3.16. The average Bonchev–Trinajstić information content (AvgIpc) is 2.53. The van der Waals surface area contributed by atoms with E-state index in [9.17, 15) is 9.90 Å². The Kier molecular flexibility index (Phi) is 5.00. The molecule has 0 aliphatic heterocycles. The van der Waals surface area contributed by atoms with E-state index in [0.29, 0.717) is 24.4 Å². The van der Waals surface area contributed by atoms with Crippen molar-refractivity contribution in [1.29, 1.82) is 0 Å². The van der Waals surface area contributed by atoms with Gasteiger partial charge in [-0.1, -0.05) is 30.3 Å². The van der Waals surface area contributed by atoms with E-state index in [1.165, 1.54) is 12.4 Å². The topological polar surface area (TPSA) is 66.3 Å². The first kappa shape index (κ1) is 15.1. The van der Waals surface area contributed by atoms with Crippen molar-refractivity contribution in [3.8, 4) is 11.4 Å². The molecule has 0 spiro atoms. The Balaban J connectivity index is 2.06. The molecule has 1 amide bonds. The van der Waals surface area contributed by atoms with E-state index in [4.69, 9.17) is 0 Å². The van der Waals surface area contributed by atoms with Gasteiger partial charge in [0.05, 0.1) is 11.7 Å². The van der Waals surface area contributed by atoms with Gasteiger partial charge in [0.25, 0.3) is 5.91 Å². The van der Waals surface area contributed by atoms with Gasteiger partial charge < -0.3 is 10.0 Å². The lowest BCUT2D eigenvalue weighted by molar-refractivity contribution is 0.0768. The SMILES string of the molecule is CC(O)CCN(C)C(=O)c1cnc(-c2ccccc2)nc1. The summed E-state index contributed by atoms with van der Waals surface area (Å²) >= 11 is 0. The van der Waals surface area contributed by atoms with Crippen molar-refractivity contribution in [2.45, 2.75) is 19.4 Å². The Morgan fingerprint density at radius 2 is 1.86 bits per heavy atom. The van der Waals surface area contributed by atoms with Crippen molar-refractivity contribution in [1.82, 2.24) is 14.9 Å². The van der Waals surface area contributed by atoms with Gasteiger partial charge in [0, 0.05) is 31.5 Å². The van der Waals surface area contributed by atoms with Gasteiger partial charge in [0.2, 0.25) is 0 Å². The van der Waals surface area contributed by atoms with Crippen molar-refractivity contribution >= 4 is 5.91 Å². The van der Waals surface area contributed by atoms with E-state index >= 15 is 0 Å². The minimum atomic E-state index is -0.419. The van der Waals surface area contributed by atoms with Crippen LogP contribution in [0.25, 0.3) is 11.4 Å². The van der Waals surface area contributed by atoms with Crippen molar-refractivity contribution in [2.24, 2.45) is 0 Å². The molecule has 2 rings (SSSR count). The number of amides is 1. The molecule has 5 heteroatoms. The molecule has 1 atom stereocenters. The van der Waals surface area contributed by atoms with Crippen molar-refractivity contribution in [2.75, 3.05) is 13.6 Å². The highest BCUT2D eigenvalue weighted by Crippen LogP contribution is 2.13. The highest BCUT2D eigenvalue weighted by molar-refractivity contribution is 5.93. The third-order valence-corrected chi connectivity index (χ3v) is 3.16. The molecule has 1 N–H and O–H groups in total. The summed E-state index contributed by atoms with van der Waals surface area (Å²) in [6.45, 7) is 2.20. The molecule has 110 valence electrons. The minimum absolute atomic E-state index is 0.143. The van der Waals surface area contributed by atoms with Crippen LogP contribution >= 0.6 is 0 Å². The van der Waals surface area contributed by atoms with Crippen molar-refractivity contribution < 1.29 is 9.90 Å². The fraction of sp³-hybridized carbons (Fsp3) is 0.312. The van der Waals surface area contributed by atoms with Gasteiger partial charge in [-0.25, -0.2) is 9.97 Å². The lowest BCUT2D eigenvalue weighted by Gasteiger charge is -2.17. The van der Waals surface area contributed by atoms with Crippen LogP contribution in [0.15, 0.2) is 42.7 Å². The Bertz CT molecular complexity index is 582. The summed E-state index contributed by atoms with van der Waals surface area (Å²) < 4.78 is 0.